The molecule has 0 spiro atoms. The number of hydrogen-bond donors (Lipinski definition) is 2. The van der Waals surface area contributed by atoms with Gasteiger partial charge in [-0.3, -0.25) is 0 Å². The van der Waals surface area contributed by atoms with Crippen LogP contribution in [0.5, 0.6) is 0 Å². The van der Waals surface area contributed by atoms with E-state index in [0.717, 1.165) is 12.6 Å². The van der Waals surface area contributed by atoms with Crippen molar-refractivity contribution in [3.63, 3.8) is 0 Å². The number of halogens is 2. The molecule has 0 aliphatic rings. The minimum absolute atomic E-state index is 0.355. The number of rotatable bonds is 6. The molecule has 2 nitrogen and oxygen atoms in total. The summed E-state index contributed by atoms with van der Waals surface area (Å²) in [6.45, 7) is 5.80. The Morgan fingerprint density at radius 3 is 2.41 bits per heavy atom. The lowest BCUT2D eigenvalue weighted by atomic mass is 9.95. The standard InChI is InChI=1S/C13H20F2N2/c1-9(2)10(7-16-3)8-17-13-5-4-11(14)6-12(13)15/h4-6,9-10,16-17H,7-8H2,1-3H3. The molecule has 0 aliphatic carbocycles. The molecule has 0 fully saturated rings. The highest BCUT2D eigenvalue weighted by atomic mass is 19.1. The van der Waals surface area contributed by atoms with Gasteiger partial charge in [-0.25, -0.2) is 8.78 Å². The number of hydrogen-bond acceptors (Lipinski definition) is 2. The Kier molecular flexibility index (Phi) is 5.35. The molecule has 2 N–H and O–H groups in total. The van der Waals surface area contributed by atoms with Crippen LogP contribution >= 0.6 is 0 Å². The first-order valence-electron chi connectivity index (χ1n) is 5.88. The van der Waals surface area contributed by atoms with E-state index in [1.807, 2.05) is 7.05 Å². The maximum atomic E-state index is 13.4. The molecule has 0 aromatic heterocycles. The van der Waals surface area contributed by atoms with Gasteiger partial charge in [-0.1, -0.05) is 13.8 Å². The first-order chi connectivity index (χ1) is 8.04. The van der Waals surface area contributed by atoms with Gasteiger partial charge in [0.2, 0.25) is 0 Å². The molecule has 0 bridgehead atoms. The fourth-order valence-corrected chi connectivity index (χ4v) is 1.68. The summed E-state index contributed by atoms with van der Waals surface area (Å²) in [4.78, 5) is 0. The van der Waals surface area contributed by atoms with Crippen molar-refractivity contribution < 1.29 is 8.78 Å². The first kappa shape index (κ1) is 13.9. The van der Waals surface area contributed by atoms with Crippen molar-refractivity contribution in [3.05, 3.63) is 29.8 Å². The predicted octanol–water partition coefficient (Wildman–Crippen LogP) is 2.87. The number of anilines is 1. The minimum atomic E-state index is -0.552. The van der Waals surface area contributed by atoms with Crippen LogP contribution in [0.2, 0.25) is 0 Å². The van der Waals surface area contributed by atoms with Crippen LogP contribution in [0.3, 0.4) is 0 Å². The molecule has 17 heavy (non-hydrogen) atoms. The van der Waals surface area contributed by atoms with Crippen LogP contribution in [-0.2, 0) is 0 Å². The maximum absolute atomic E-state index is 13.4. The van der Waals surface area contributed by atoms with Crippen molar-refractivity contribution in [1.29, 1.82) is 0 Å². The van der Waals surface area contributed by atoms with Crippen LogP contribution in [0.15, 0.2) is 18.2 Å². The summed E-state index contributed by atoms with van der Waals surface area (Å²) < 4.78 is 26.1. The molecule has 1 rings (SSSR count). The van der Waals surface area contributed by atoms with Crippen molar-refractivity contribution in [2.75, 3.05) is 25.5 Å². The average molecular weight is 242 g/mol. The zero-order chi connectivity index (χ0) is 12.8. The van der Waals surface area contributed by atoms with E-state index in [0.29, 0.717) is 24.1 Å². The van der Waals surface area contributed by atoms with Crippen molar-refractivity contribution in [3.8, 4) is 0 Å². The number of nitrogens with one attached hydrogen (secondary N) is 2. The lowest BCUT2D eigenvalue weighted by Crippen LogP contribution is -2.29. The molecule has 1 atom stereocenters. The van der Waals surface area contributed by atoms with E-state index in [2.05, 4.69) is 24.5 Å². The molecule has 1 aromatic rings. The van der Waals surface area contributed by atoms with Crippen molar-refractivity contribution in [2.45, 2.75) is 13.8 Å². The second kappa shape index (κ2) is 6.55. The monoisotopic (exact) mass is 242 g/mol. The van der Waals surface area contributed by atoms with Crippen LogP contribution in [-0.4, -0.2) is 20.1 Å². The average Bonchev–Trinajstić information content (AvgIpc) is 2.25. The summed E-state index contributed by atoms with van der Waals surface area (Å²) in [7, 11) is 1.90. The third kappa shape index (κ3) is 4.30. The van der Waals surface area contributed by atoms with E-state index < -0.39 is 11.6 Å². The second-order valence-electron chi connectivity index (χ2n) is 4.57. The fraction of sp³-hybridized carbons (Fsp3) is 0.538. The normalized spacial score (nSPS) is 12.8. The highest BCUT2D eigenvalue weighted by Crippen LogP contribution is 2.17. The summed E-state index contributed by atoms with van der Waals surface area (Å²) >= 11 is 0. The van der Waals surface area contributed by atoms with E-state index in [4.69, 9.17) is 0 Å². The lowest BCUT2D eigenvalue weighted by molar-refractivity contribution is 0.390. The van der Waals surface area contributed by atoms with Crippen molar-refractivity contribution >= 4 is 5.69 Å². The molecule has 96 valence electrons. The zero-order valence-electron chi connectivity index (χ0n) is 10.6. The lowest BCUT2D eigenvalue weighted by Gasteiger charge is -2.21. The van der Waals surface area contributed by atoms with E-state index in [-0.39, 0.29) is 0 Å². The Bertz CT molecular complexity index is 353. The summed E-state index contributed by atoms with van der Waals surface area (Å²) in [6, 6.07) is 3.58. The Morgan fingerprint density at radius 2 is 1.88 bits per heavy atom. The summed E-state index contributed by atoms with van der Waals surface area (Å²) in [5.41, 5.74) is 0.355. The van der Waals surface area contributed by atoms with Crippen LogP contribution in [0.4, 0.5) is 14.5 Å². The maximum Gasteiger partial charge on any atom is 0.149 e. The van der Waals surface area contributed by atoms with E-state index >= 15 is 0 Å². The smallest absolute Gasteiger partial charge is 0.149 e. The van der Waals surface area contributed by atoms with Gasteiger partial charge in [-0.2, -0.15) is 0 Å². The van der Waals surface area contributed by atoms with E-state index in [1.165, 1.54) is 12.1 Å². The van der Waals surface area contributed by atoms with Gasteiger partial charge in [0.25, 0.3) is 0 Å². The summed E-state index contributed by atoms with van der Waals surface area (Å²) in [5, 5.41) is 6.14. The van der Waals surface area contributed by atoms with Crippen molar-refractivity contribution in [1.82, 2.24) is 5.32 Å². The molecule has 0 radical (unpaired) electrons. The van der Waals surface area contributed by atoms with Gasteiger partial charge in [-0.05, 0) is 37.6 Å². The van der Waals surface area contributed by atoms with Gasteiger partial charge in [0.1, 0.15) is 11.6 Å². The zero-order valence-corrected chi connectivity index (χ0v) is 10.6. The van der Waals surface area contributed by atoms with Gasteiger partial charge >= 0.3 is 0 Å². The van der Waals surface area contributed by atoms with E-state index in [1.54, 1.807) is 0 Å². The fourth-order valence-electron chi connectivity index (χ4n) is 1.68. The Morgan fingerprint density at radius 1 is 1.18 bits per heavy atom. The quantitative estimate of drug-likeness (QED) is 0.801. The summed E-state index contributed by atoms with van der Waals surface area (Å²) in [5.74, 6) is -0.191. The van der Waals surface area contributed by atoms with Gasteiger partial charge in [0, 0.05) is 12.6 Å². The minimum Gasteiger partial charge on any atom is -0.382 e. The largest absolute Gasteiger partial charge is 0.382 e. The summed E-state index contributed by atoms with van der Waals surface area (Å²) in [6.07, 6.45) is 0. The molecule has 1 aromatic carbocycles. The third-order valence-corrected chi connectivity index (χ3v) is 2.89. The highest BCUT2D eigenvalue weighted by molar-refractivity contribution is 5.44. The van der Waals surface area contributed by atoms with Crippen molar-refractivity contribution in [2.24, 2.45) is 11.8 Å². The SMILES string of the molecule is CNCC(CNc1ccc(F)cc1F)C(C)C. The Balaban J connectivity index is 2.59. The van der Waals surface area contributed by atoms with Gasteiger partial charge in [-0.15, -0.1) is 0 Å². The molecule has 0 amide bonds. The Labute approximate surface area is 101 Å². The third-order valence-electron chi connectivity index (χ3n) is 2.89. The van der Waals surface area contributed by atoms with Gasteiger partial charge < -0.3 is 10.6 Å². The molecule has 0 saturated carbocycles. The molecular formula is C13H20F2N2. The molecule has 1 unspecified atom stereocenters. The van der Waals surface area contributed by atoms with Crippen LogP contribution in [0.25, 0.3) is 0 Å². The topological polar surface area (TPSA) is 24.1 Å². The highest BCUT2D eigenvalue weighted by Gasteiger charge is 2.13. The molecular weight excluding hydrogens is 222 g/mol. The first-order valence-corrected chi connectivity index (χ1v) is 5.88. The van der Waals surface area contributed by atoms with Gasteiger partial charge in [0.05, 0.1) is 5.69 Å². The molecule has 4 heteroatoms. The van der Waals surface area contributed by atoms with E-state index in [9.17, 15) is 8.78 Å². The predicted molar refractivity (Wildman–Crippen MR) is 67.1 cm³/mol. The molecule has 0 heterocycles. The molecule has 0 saturated heterocycles. The van der Waals surface area contributed by atoms with Gasteiger partial charge in [0.15, 0.2) is 0 Å². The number of benzene rings is 1. The van der Waals surface area contributed by atoms with Crippen LogP contribution in [0.1, 0.15) is 13.8 Å². The van der Waals surface area contributed by atoms with Crippen LogP contribution < -0.4 is 10.6 Å². The Hall–Kier alpha value is -1.16. The second-order valence-corrected chi connectivity index (χ2v) is 4.57. The van der Waals surface area contributed by atoms with Crippen LogP contribution in [0, 0.1) is 23.5 Å². The molecule has 0 aliphatic heterocycles.